The smallest absolute Gasteiger partial charge is 0.306 e. The zero-order valence-corrected chi connectivity index (χ0v) is 10.1. The molecule has 0 saturated carbocycles. The summed E-state index contributed by atoms with van der Waals surface area (Å²) in [4.78, 5) is 15.4. The number of amidine groups is 1. The van der Waals surface area contributed by atoms with Crippen LogP contribution in [0.15, 0.2) is 5.38 Å². The zero-order valence-electron chi connectivity index (χ0n) is 9.32. The van der Waals surface area contributed by atoms with Gasteiger partial charge in [-0.2, -0.15) is 0 Å². The highest BCUT2D eigenvalue weighted by molar-refractivity contribution is 7.11. The summed E-state index contributed by atoms with van der Waals surface area (Å²) in [6, 6.07) is 0. The van der Waals surface area contributed by atoms with Gasteiger partial charge in [-0.15, -0.1) is 11.3 Å². The Morgan fingerprint density at radius 1 is 1.75 bits per heavy atom. The largest absolute Gasteiger partial charge is 0.466 e. The highest BCUT2D eigenvalue weighted by atomic mass is 32.1. The van der Waals surface area contributed by atoms with Crippen LogP contribution in [0.4, 0.5) is 0 Å². The average Bonchev–Trinajstić information content (AvgIpc) is 2.66. The van der Waals surface area contributed by atoms with Crippen molar-refractivity contribution in [2.45, 2.75) is 26.2 Å². The van der Waals surface area contributed by atoms with Crippen molar-refractivity contribution in [3.05, 3.63) is 16.1 Å². The fourth-order valence-electron chi connectivity index (χ4n) is 1.21. The summed E-state index contributed by atoms with van der Waals surface area (Å²) in [5, 5.41) is 9.54. The molecule has 16 heavy (non-hydrogen) atoms. The quantitative estimate of drug-likeness (QED) is 0.464. The summed E-state index contributed by atoms with van der Waals surface area (Å²) < 4.78 is 4.86. The molecule has 1 atom stereocenters. The summed E-state index contributed by atoms with van der Waals surface area (Å²) in [5.74, 6) is -0.282. The third-order valence-electron chi connectivity index (χ3n) is 2.04. The molecular formula is C10H15N3O2S. The highest BCUT2D eigenvalue weighted by Gasteiger charge is 2.15. The van der Waals surface area contributed by atoms with E-state index in [0.717, 1.165) is 5.69 Å². The van der Waals surface area contributed by atoms with Crippen molar-refractivity contribution in [2.24, 2.45) is 5.73 Å². The Bertz CT molecular complexity index is 389. The molecule has 1 aromatic rings. The number of hydrogen-bond donors (Lipinski definition) is 2. The lowest BCUT2D eigenvalue weighted by Gasteiger charge is -2.07. The molecule has 88 valence electrons. The minimum Gasteiger partial charge on any atom is -0.466 e. The van der Waals surface area contributed by atoms with Crippen molar-refractivity contribution in [1.29, 1.82) is 5.41 Å². The van der Waals surface area contributed by atoms with E-state index in [1.54, 1.807) is 6.92 Å². The molecule has 1 unspecified atom stereocenters. The molecule has 0 radical (unpaired) electrons. The van der Waals surface area contributed by atoms with Gasteiger partial charge in [0.15, 0.2) is 10.8 Å². The van der Waals surface area contributed by atoms with Crippen LogP contribution in [0.3, 0.4) is 0 Å². The Hall–Kier alpha value is -1.43. The van der Waals surface area contributed by atoms with E-state index < -0.39 is 0 Å². The predicted molar refractivity (Wildman–Crippen MR) is 62.8 cm³/mol. The first kappa shape index (κ1) is 12.6. The molecule has 0 amide bonds. The van der Waals surface area contributed by atoms with Gasteiger partial charge in [-0.05, 0) is 6.92 Å². The van der Waals surface area contributed by atoms with Gasteiger partial charge in [-0.1, -0.05) is 6.92 Å². The summed E-state index contributed by atoms with van der Waals surface area (Å²) in [6.07, 6.45) is 0.301. The van der Waals surface area contributed by atoms with Crippen LogP contribution in [0.2, 0.25) is 0 Å². The number of carbonyl (C=O) groups is 1. The Kier molecular flexibility index (Phi) is 4.42. The van der Waals surface area contributed by atoms with Gasteiger partial charge in [0.2, 0.25) is 0 Å². The molecule has 0 aliphatic rings. The Morgan fingerprint density at radius 2 is 2.44 bits per heavy atom. The van der Waals surface area contributed by atoms with Crippen LogP contribution in [-0.2, 0) is 9.53 Å². The van der Waals surface area contributed by atoms with E-state index in [0.29, 0.717) is 18.0 Å². The summed E-state index contributed by atoms with van der Waals surface area (Å²) in [7, 11) is 0. The average molecular weight is 241 g/mol. The number of ether oxygens (including phenoxy) is 1. The Labute approximate surface area is 98.1 Å². The molecule has 0 saturated heterocycles. The van der Waals surface area contributed by atoms with Crippen LogP contribution in [0, 0.1) is 5.41 Å². The molecule has 5 nitrogen and oxygen atoms in total. The molecule has 0 fully saturated rings. The zero-order chi connectivity index (χ0) is 12.1. The molecular weight excluding hydrogens is 226 g/mol. The monoisotopic (exact) mass is 241 g/mol. The molecule has 0 aliphatic heterocycles. The van der Waals surface area contributed by atoms with Crippen LogP contribution < -0.4 is 5.73 Å². The summed E-state index contributed by atoms with van der Waals surface area (Å²) in [6.45, 7) is 4.07. The molecule has 0 spiro atoms. The summed E-state index contributed by atoms with van der Waals surface area (Å²) in [5.41, 5.74) is 6.10. The lowest BCUT2D eigenvalue weighted by Crippen LogP contribution is -2.12. The van der Waals surface area contributed by atoms with Crippen molar-refractivity contribution < 1.29 is 9.53 Å². The second kappa shape index (κ2) is 5.60. The third-order valence-corrected chi connectivity index (χ3v) is 2.93. The highest BCUT2D eigenvalue weighted by Crippen LogP contribution is 2.21. The van der Waals surface area contributed by atoms with Crippen LogP contribution in [0.25, 0.3) is 0 Å². The molecule has 6 heteroatoms. The number of rotatable bonds is 5. The first-order valence-corrected chi connectivity index (χ1v) is 5.88. The Morgan fingerprint density at radius 3 is 2.94 bits per heavy atom. The third kappa shape index (κ3) is 3.30. The normalized spacial score (nSPS) is 12.1. The number of hydrogen-bond acceptors (Lipinski definition) is 5. The number of esters is 1. The van der Waals surface area contributed by atoms with Gasteiger partial charge < -0.3 is 10.5 Å². The molecule has 0 aliphatic carbocycles. The fourth-order valence-corrected chi connectivity index (χ4v) is 2.01. The SMILES string of the molecule is CCOC(=O)CC(C)c1csc(C(=N)N)n1. The van der Waals surface area contributed by atoms with Gasteiger partial charge >= 0.3 is 5.97 Å². The van der Waals surface area contributed by atoms with Gasteiger partial charge in [0, 0.05) is 11.3 Å². The molecule has 1 aromatic heterocycles. The number of nitrogens with one attached hydrogen (secondary N) is 1. The topological polar surface area (TPSA) is 89.1 Å². The number of carbonyl (C=O) groups excluding carboxylic acids is 1. The lowest BCUT2D eigenvalue weighted by molar-refractivity contribution is -0.143. The first-order chi connectivity index (χ1) is 7.54. The maximum absolute atomic E-state index is 11.3. The van der Waals surface area contributed by atoms with Crippen LogP contribution in [-0.4, -0.2) is 23.4 Å². The van der Waals surface area contributed by atoms with E-state index in [1.807, 2.05) is 12.3 Å². The van der Waals surface area contributed by atoms with E-state index in [4.69, 9.17) is 15.9 Å². The molecule has 1 heterocycles. The van der Waals surface area contributed by atoms with Gasteiger partial charge in [-0.25, -0.2) is 4.98 Å². The van der Waals surface area contributed by atoms with Gasteiger partial charge in [-0.3, -0.25) is 10.2 Å². The maximum Gasteiger partial charge on any atom is 0.306 e. The number of nitrogens with zero attached hydrogens (tertiary/aromatic N) is 1. The summed E-state index contributed by atoms with van der Waals surface area (Å²) >= 11 is 1.31. The van der Waals surface area contributed by atoms with E-state index in [9.17, 15) is 4.79 Å². The van der Waals surface area contributed by atoms with Gasteiger partial charge in [0.1, 0.15) is 0 Å². The molecule has 1 rings (SSSR count). The Balaban J connectivity index is 2.62. The van der Waals surface area contributed by atoms with E-state index in [1.165, 1.54) is 11.3 Å². The second-order valence-electron chi connectivity index (χ2n) is 3.40. The fraction of sp³-hybridized carbons (Fsp3) is 0.500. The van der Waals surface area contributed by atoms with Crippen LogP contribution >= 0.6 is 11.3 Å². The van der Waals surface area contributed by atoms with Crippen LogP contribution in [0.1, 0.15) is 36.9 Å². The molecule has 0 bridgehead atoms. The molecule has 0 aromatic carbocycles. The number of thiazole rings is 1. The van der Waals surface area contributed by atoms with Crippen molar-refractivity contribution in [3.8, 4) is 0 Å². The minimum atomic E-state index is -0.229. The number of nitrogens with two attached hydrogens (primary N) is 1. The molecule has 3 N–H and O–H groups in total. The minimum absolute atomic E-state index is 0.0107. The second-order valence-corrected chi connectivity index (χ2v) is 4.26. The number of aromatic nitrogens is 1. The van der Waals surface area contributed by atoms with E-state index >= 15 is 0 Å². The standard InChI is InChI=1S/C10H15N3O2S/c1-3-15-8(14)4-6(2)7-5-16-10(13-7)9(11)12/h5-6H,3-4H2,1-2H3,(H3,11,12). The first-order valence-electron chi connectivity index (χ1n) is 5.00. The van der Waals surface area contributed by atoms with Crippen molar-refractivity contribution >= 4 is 23.1 Å². The van der Waals surface area contributed by atoms with E-state index in [2.05, 4.69) is 4.98 Å². The maximum atomic E-state index is 11.3. The van der Waals surface area contributed by atoms with E-state index in [-0.39, 0.29) is 17.7 Å². The van der Waals surface area contributed by atoms with Gasteiger partial charge in [0.25, 0.3) is 0 Å². The van der Waals surface area contributed by atoms with Gasteiger partial charge in [0.05, 0.1) is 18.7 Å². The van der Waals surface area contributed by atoms with Crippen LogP contribution in [0.5, 0.6) is 0 Å². The predicted octanol–water partition coefficient (Wildman–Crippen LogP) is 1.48. The lowest BCUT2D eigenvalue weighted by atomic mass is 10.1. The van der Waals surface area contributed by atoms with Crippen molar-refractivity contribution in [2.75, 3.05) is 6.61 Å². The van der Waals surface area contributed by atoms with Crippen molar-refractivity contribution in [1.82, 2.24) is 4.98 Å². The number of nitrogen functional groups attached to an aromatic ring is 1. The van der Waals surface area contributed by atoms with Crippen molar-refractivity contribution in [3.63, 3.8) is 0 Å².